The van der Waals surface area contributed by atoms with Crippen LogP contribution in [0.5, 0.6) is 0 Å². The van der Waals surface area contributed by atoms with Crippen molar-refractivity contribution in [2.45, 2.75) is 0.515 Å². The second-order valence-corrected chi connectivity index (χ2v) is 4.69. The molecule has 25 heavy (non-hydrogen) atoms. The molecular formula is C7H5B3F14K-3. The van der Waals surface area contributed by atoms with Gasteiger partial charge in [0.2, 0.25) is 0 Å². The average Bonchev–Trinajstić information content (AvgIpc) is 2.26. The molecule has 0 unspecified atom stereocenters. The van der Waals surface area contributed by atoms with E-state index in [0.717, 1.165) is 6.08 Å². The Labute approximate surface area is 166 Å². The maximum absolute atomic E-state index is 12.4. The molecule has 0 spiro atoms. The van der Waals surface area contributed by atoms with E-state index in [2.05, 4.69) is 0 Å². The number of hydrogen-bond acceptors (Lipinski definition) is 0. The molecule has 0 saturated carbocycles. The van der Waals surface area contributed by atoms with Gasteiger partial charge in [0.15, 0.2) is 0 Å². The second kappa shape index (κ2) is 13.3. The van der Waals surface area contributed by atoms with Gasteiger partial charge in [-0.15, -0.1) is 0 Å². The molecule has 0 radical (unpaired) electrons. The van der Waals surface area contributed by atoms with Crippen molar-refractivity contribution in [3.63, 3.8) is 0 Å². The molecule has 1 aromatic rings. The van der Waals surface area contributed by atoms with Crippen LogP contribution in [-0.4, -0.2) is 70.7 Å². The van der Waals surface area contributed by atoms with Gasteiger partial charge in [0, 0.05) is 0 Å². The van der Waals surface area contributed by atoms with Crippen molar-refractivity contribution in [2.75, 3.05) is 0 Å². The van der Waals surface area contributed by atoms with Crippen LogP contribution in [0.15, 0.2) is 18.2 Å². The molecule has 18 heteroatoms. The van der Waals surface area contributed by atoms with Gasteiger partial charge in [0.1, 0.15) is 0 Å². The van der Waals surface area contributed by atoms with Crippen molar-refractivity contribution in [1.29, 1.82) is 0 Å². The van der Waals surface area contributed by atoms with Crippen LogP contribution in [0, 0.1) is 11.6 Å². The van der Waals surface area contributed by atoms with E-state index in [4.69, 9.17) is 0 Å². The molecule has 0 nitrogen and oxygen atoms in total. The molecule has 0 heterocycles. The van der Waals surface area contributed by atoms with Crippen molar-refractivity contribution in [1.82, 2.24) is 0 Å². The van der Waals surface area contributed by atoms with E-state index in [1.807, 2.05) is 0 Å². The van der Waals surface area contributed by atoms with E-state index in [1.54, 1.807) is 6.07 Å². The zero-order chi connectivity index (χ0) is 21.1. The van der Waals surface area contributed by atoms with Gasteiger partial charge in [-0.1, -0.05) is 0 Å². The normalized spacial score (nSPS) is 11.2. The predicted molar refractivity (Wildman–Crippen MR) is 66.4 cm³/mol. The fourth-order valence-electron chi connectivity index (χ4n) is 0.760. The molecule has 0 aliphatic rings. The Kier molecular flexibility index (Phi) is 15.8. The fraction of sp³-hybridized carbons (Fsp3) is 0.143. The third-order valence-electron chi connectivity index (χ3n) is 1.39. The fourth-order valence-corrected chi connectivity index (χ4v) is 1.45. The van der Waals surface area contributed by atoms with Gasteiger partial charge in [-0.3, -0.25) is 0 Å². The van der Waals surface area contributed by atoms with Crippen molar-refractivity contribution in [3.05, 3.63) is 35.4 Å². The monoisotopic (exact) mass is 427 g/mol. The number of benzene rings is 1. The zero-order valence-electron chi connectivity index (χ0n) is 12.0. The van der Waals surface area contributed by atoms with Crippen molar-refractivity contribution in [3.8, 4) is 0 Å². The van der Waals surface area contributed by atoms with E-state index in [1.165, 1.54) is 12.1 Å². The topological polar surface area (TPSA) is 0 Å². The first-order valence-corrected chi connectivity index (χ1v) is 8.00. The molecule has 0 fully saturated rings. The van der Waals surface area contributed by atoms with Crippen LogP contribution in [0.1, 0.15) is 5.56 Å². The Morgan fingerprint density at radius 3 is 1.08 bits per heavy atom. The summed E-state index contributed by atoms with van der Waals surface area (Å²) in [6.07, 6.45) is 0. The first-order valence-electron chi connectivity index (χ1n) is 5.80. The summed E-state index contributed by atoms with van der Waals surface area (Å²) < 4.78 is 143. The molecule has 0 amide bonds. The summed E-state index contributed by atoms with van der Waals surface area (Å²) in [5.41, 5.74) is 0.902. The summed E-state index contributed by atoms with van der Waals surface area (Å²) in [6.45, 7) is 0. The van der Waals surface area contributed by atoms with Gasteiger partial charge < -0.3 is 51.8 Å². The third-order valence-corrected chi connectivity index (χ3v) is 2.67. The molecule has 0 bridgehead atoms. The van der Waals surface area contributed by atoms with Crippen LogP contribution in [0.4, 0.5) is 60.6 Å². The predicted octanol–water partition coefficient (Wildman–Crippen LogP) is 5.53. The van der Waals surface area contributed by atoms with Crippen LogP contribution >= 0.6 is 0 Å². The molecule has 0 aromatic heterocycles. The Morgan fingerprint density at radius 2 is 0.880 bits per heavy atom. The van der Waals surface area contributed by atoms with Gasteiger partial charge in [-0.2, -0.15) is 0 Å². The molecular weight excluding hydrogens is 422 g/mol. The van der Waals surface area contributed by atoms with Crippen LogP contribution in [0.2, 0.25) is 0 Å². The van der Waals surface area contributed by atoms with Crippen LogP contribution in [0.3, 0.4) is 0 Å². The second-order valence-electron chi connectivity index (χ2n) is 3.59. The summed E-state index contributed by atoms with van der Waals surface area (Å²) in [7, 11) is -18.0. The summed E-state index contributed by atoms with van der Waals surface area (Å²) >= 11 is 0.664. The minimum atomic E-state index is -6.00. The molecule has 0 N–H and O–H groups in total. The van der Waals surface area contributed by atoms with Crippen molar-refractivity contribution >= 4 is 70.7 Å². The summed E-state index contributed by atoms with van der Waals surface area (Å²) in [5.74, 6) is -1.49. The summed E-state index contributed by atoms with van der Waals surface area (Å²) in [4.78, 5) is 0. The molecule has 1 rings (SSSR count). The van der Waals surface area contributed by atoms with Crippen LogP contribution in [0.25, 0.3) is 0 Å². The van der Waals surface area contributed by atoms with Gasteiger partial charge in [0.05, 0.1) is 0 Å². The van der Waals surface area contributed by atoms with Gasteiger partial charge >= 0.3 is 115 Å². The van der Waals surface area contributed by atoms with E-state index in [0.29, 0.717) is 49.0 Å². The van der Waals surface area contributed by atoms with Gasteiger partial charge in [-0.05, 0) is 0 Å². The SMILES string of the molecule is F[B-](F)(F)F.F[B-](F)(F)F.F[B-](F)(F)F.Fc1ccc([CH2][K])cc1F. The van der Waals surface area contributed by atoms with E-state index < -0.39 is 33.4 Å². The maximum atomic E-state index is 12.4. The Bertz CT molecular complexity index is 422. The Morgan fingerprint density at radius 1 is 0.600 bits per heavy atom. The summed E-state index contributed by atoms with van der Waals surface area (Å²) in [5, 5.41) is 0. The third kappa shape index (κ3) is 51.6. The Balaban J connectivity index is -0.000000279. The van der Waals surface area contributed by atoms with E-state index in [-0.39, 0.29) is 0 Å². The van der Waals surface area contributed by atoms with Crippen LogP contribution in [-0.2, 0) is 0.515 Å². The quantitative estimate of drug-likeness (QED) is 0.409. The number of halogens is 14. The first kappa shape index (κ1) is 29.8. The first-order chi connectivity index (χ1) is 10.7. The molecule has 1 aromatic carbocycles. The van der Waals surface area contributed by atoms with Gasteiger partial charge in [0.25, 0.3) is 0 Å². The average molecular weight is 427 g/mol. The van der Waals surface area contributed by atoms with E-state index in [9.17, 15) is 60.6 Å². The Hall–Kier alpha value is 0.0712. The molecule has 0 saturated heterocycles. The minimum absolute atomic E-state index is 0.664. The number of rotatable bonds is 1. The molecule has 0 aliphatic heterocycles. The van der Waals surface area contributed by atoms with Gasteiger partial charge in [-0.25, -0.2) is 0 Å². The number of hydrogen-bond donors (Lipinski definition) is 0. The molecule has 144 valence electrons. The van der Waals surface area contributed by atoms with Crippen molar-refractivity contribution < 1.29 is 60.6 Å². The molecule has 0 atom stereocenters. The van der Waals surface area contributed by atoms with Crippen LogP contribution < -0.4 is 0 Å². The van der Waals surface area contributed by atoms with E-state index >= 15 is 0 Å². The standard InChI is InChI=1S/C7H5F2.3BF4.K/c1-5-2-3-6(8)7(9)4-5;3*2-1(3,4)5;/h2-4H,1H2;;;;/q;3*-1;. The zero-order valence-corrected chi connectivity index (χ0v) is 15.1. The summed E-state index contributed by atoms with van der Waals surface area (Å²) in [6, 6.07) is 4.07. The molecule has 0 aliphatic carbocycles. The van der Waals surface area contributed by atoms with Crippen molar-refractivity contribution in [2.24, 2.45) is 0 Å².